The molecule has 2 heterocycles. The normalized spacial score (nSPS) is 17.0. The van der Waals surface area contributed by atoms with Crippen molar-refractivity contribution < 1.29 is 19.1 Å². The summed E-state index contributed by atoms with van der Waals surface area (Å²) in [5.41, 5.74) is 1.15. The number of carbonyl (C=O) groups excluding carboxylic acids is 3. The van der Waals surface area contributed by atoms with Crippen LogP contribution in [0.5, 0.6) is 0 Å². The molecule has 0 unspecified atom stereocenters. The Hall–Kier alpha value is -3.59. The fraction of sp³-hybridized carbons (Fsp3) is 0.333. The third-order valence-electron chi connectivity index (χ3n) is 6.35. The van der Waals surface area contributed by atoms with Crippen LogP contribution < -0.4 is 5.32 Å². The molecule has 0 saturated heterocycles. The smallest absolute Gasteiger partial charge is 0.358 e. The number of ether oxygens (including phenoxy) is 1. The minimum atomic E-state index is -1.20. The topological polar surface area (TPSA) is 93.5 Å². The number of aromatic nitrogens is 2. The van der Waals surface area contributed by atoms with Gasteiger partial charge in [0.05, 0.1) is 13.2 Å². The largest absolute Gasteiger partial charge is 0.461 e. The van der Waals surface area contributed by atoms with Crippen LogP contribution in [-0.2, 0) is 29.0 Å². The zero-order chi connectivity index (χ0) is 25.7. The van der Waals surface area contributed by atoms with E-state index >= 15 is 0 Å². The SMILES string of the molecule is CCOC(=O)c1cc2n(n1)C[C@@](C)(C(=O)NCc1ccccc1)N(CCc1ccc(SC)cc1)C2=O. The average Bonchev–Trinajstić information content (AvgIpc) is 3.32. The molecule has 0 bridgehead atoms. The van der Waals surface area contributed by atoms with Crippen LogP contribution >= 0.6 is 11.8 Å². The van der Waals surface area contributed by atoms with E-state index in [2.05, 4.69) is 10.4 Å². The lowest BCUT2D eigenvalue weighted by atomic mass is 9.94. The highest BCUT2D eigenvalue weighted by Gasteiger charge is 2.48. The minimum Gasteiger partial charge on any atom is -0.461 e. The lowest BCUT2D eigenvalue weighted by molar-refractivity contribution is -0.133. The Balaban J connectivity index is 1.61. The van der Waals surface area contributed by atoms with E-state index in [1.807, 2.05) is 60.9 Å². The first-order chi connectivity index (χ1) is 17.4. The van der Waals surface area contributed by atoms with Crippen molar-refractivity contribution in [2.75, 3.05) is 19.4 Å². The molecule has 9 heteroatoms. The van der Waals surface area contributed by atoms with Gasteiger partial charge in [0.25, 0.3) is 5.91 Å². The molecule has 0 radical (unpaired) electrons. The van der Waals surface area contributed by atoms with E-state index in [-0.39, 0.29) is 36.4 Å². The van der Waals surface area contributed by atoms with Gasteiger partial charge in [-0.2, -0.15) is 5.10 Å². The van der Waals surface area contributed by atoms with Crippen LogP contribution in [0, 0.1) is 0 Å². The molecule has 0 fully saturated rings. The Morgan fingerprint density at radius 1 is 1.11 bits per heavy atom. The van der Waals surface area contributed by atoms with Crippen LogP contribution in [0.1, 0.15) is 46.0 Å². The summed E-state index contributed by atoms with van der Waals surface area (Å²) in [5.74, 6) is -1.22. The summed E-state index contributed by atoms with van der Waals surface area (Å²) in [4.78, 5) is 42.2. The van der Waals surface area contributed by atoms with E-state index in [4.69, 9.17) is 4.74 Å². The van der Waals surface area contributed by atoms with Crippen molar-refractivity contribution in [1.82, 2.24) is 20.0 Å². The van der Waals surface area contributed by atoms with Gasteiger partial charge < -0.3 is 15.0 Å². The summed E-state index contributed by atoms with van der Waals surface area (Å²) < 4.78 is 6.50. The van der Waals surface area contributed by atoms with E-state index in [1.165, 1.54) is 10.7 Å². The Labute approximate surface area is 215 Å². The molecular formula is C27H30N4O4S. The summed E-state index contributed by atoms with van der Waals surface area (Å²) in [6.07, 6.45) is 2.61. The third kappa shape index (κ3) is 5.31. The molecule has 2 aromatic carbocycles. The first kappa shape index (κ1) is 25.5. The van der Waals surface area contributed by atoms with E-state index in [1.54, 1.807) is 30.5 Å². The molecule has 0 aliphatic carbocycles. The number of benzene rings is 2. The molecule has 0 spiro atoms. The molecule has 0 saturated carbocycles. The molecule has 1 aliphatic rings. The van der Waals surface area contributed by atoms with Gasteiger partial charge >= 0.3 is 5.97 Å². The standard InChI is InChI=1S/C27H30N4O4S/c1-4-35-25(33)22-16-23-24(32)30(15-14-19-10-12-21(36-3)13-11-19)27(2,18-31(23)29-22)26(34)28-17-20-8-6-5-7-9-20/h5-13,16H,4,14-15,17-18H2,1-3H3,(H,28,34)/t27-/m0/s1. The fourth-order valence-corrected chi connectivity index (χ4v) is 4.71. The number of fused-ring (bicyclic) bond motifs is 1. The second-order valence-corrected chi connectivity index (χ2v) is 9.67. The van der Waals surface area contributed by atoms with Crippen molar-refractivity contribution in [3.63, 3.8) is 0 Å². The first-order valence-electron chi connectivity index (χ1n) is 11.9. The van der Waals surface area contributed by atoms with Gasteiger partial charge in [-0.15, -0.1) is 11.8 Å². The lowest BCUT2D eigenvalue weighted by Crippen LogP contribution is -2.64. The highest BCUT2D eigenvalue weighted by Crippen LogP contribution is 2.28. The van der Waals surface area contributed by atoms with Crippen molar-refractivity contribution in [3.05, 3.63) is 83.2 Å². The summed E-state index contributed by atoms with van der Waals surface area (Å²) in [6.45, 7) is 4.47. The molecule has 8 nitrogen and oxygen atoms in total. The van der Waals surface area contributed by atoms with Crippen LogP contribution in [0.4, 0.5) is 0 Å². The second kappa shape index (κ2) is 11.0. The predicted molar refractivity (Wildman–Crippen MR) is 138 cm³/mol. The molecule has 1 atom stereocenters. The van der Waals surface area contributed by atoms with Gasteiger partial charge in [0.2, 0.25) is 5.91 Å². The van der Waals surface area contributed by atoms with E-state index in [0.29, 0.717) is 19.5 Å². The summed E-state index contributed by atoms with van der Waals surface area (Å²) in [5, 5.41) is 7.29. The Morgan fingerprint density at radius 3 is 2.50 bits per heavy atom. The highest BCUT2D eigenvalue weighted by atomic mass is 32.2. The maximum atomic E-state index is 13.7. The number of carbonyl (C=O) groups is 3. The monoisotopic (exact) mass is 506 g/mol. The van der Waals surface area contributed by atoms with Crippen molar-refractivity contribution in [2.45, 2.75) is 43.8 Å². The number of thioether (sulfide) groups is 1. The van der Waals surface area contributed by atoms with Crippen molar-refractivity contribution in [2.24, 2.45) is 0 Å². The fourth-order valence-electron chi connectivity index (χ4n) is 4.30. The average molecular weight is 507 g/mol. The van der Waals surface area contributed by atoms with Crippen LogP contribution in [-0.4, -0.2) is 57.4 Å². The van der Waals surface area contributed by atoms with Gasteiger partial charge in [-0.3, -0.25) is 14.3 Å². The number of esters is 1. The van der Waals surface area contributed by atoms with Crippen molar-refractivity contribution >= 4 is 29.5 Å². The molecule has 1 aliphatic heterocycles. The van der Waals surface area contributed by atoms with Gasteiger partial charge in [0, 0.05) is 24.1 Å². The maximum absolute atomic E-state index is 13.7. The Kier molecular flexibility index (Phi) is 7.79. The molecule has 1 N–H and O–H groups in total. The molecule has 2 amide bonds. The van der Waals surface area contributed by atoms with Crippen LogP contribution in [0.15, 0.2) is 65.6 Å². The molecule has 188 valence electrons. The lowest BCUT2D eigenvalue weighted by Gasteiger charge is -2.43. The second-order valence-electron chi connectivity index (χ2n) is 8.79. The highest BCUT2D eigenvalue weighted by molar-refractivity contribution is 7.98. The van der Waals surface area contributed by atoms with Gasteiger partial charge in [0.1, 0.15) is 11.2 Å². The predicted octanol–water partition coefficient (Wildman–Crippen LogP) is 3.56. The molecule has 4 rings (SSSR count). The third-order valence-corrected chi connectivity index (χ3v) is 7.09. The van der Waals surface area contributed by atoms with Gasteiger partial charge in [0.15, 0.2) is 5.69 Å². The zero-order valence-electron chi connectivity index (χ0n) is 20.7. The van der Waals surface area contributed by atoms with Gasteiger partial charge in [-0.05, 0) is 49.8 Å². The van der Waals surface area contributed by atoms with Crippen LogP contribution in [0.25, 0.3) is 0 Å². The van der Waals surface area contributed by atoms with Gasteiger partial charge in [-0.1, -0.05) is 42.5 Å². The van der Waals surface area contributed by atoms with E-state index in [0.717, 1.165) is 16.0 Å². The molecule has 3 aromatic rings. The van der Waals surface area contributed by atoms with Crippen molar-refractivity contribution in [3.8, 4) is 0 Å². The number of nitrogens with one attached hydrogen (secondary N) is 1. The Bertz CT molecular complexity index is 1240. The van der Waals surface area contributed by atoms with Crippen LogP contribution in [0.2, 0.25) is 0 Å². The van der Waals surface area contributed by atoms with Gasteiger partial charge in [-0.25, -0.2) is 4.79 Å². The van der Waals surface area contributed by atoms with Crippen LogP contribution in [0.3, 0.4) is 0 Å². The summed E-state index contributed by atoms with van der Waals surface area (Å²) >= 11 is 1.67. The number of amides is 2. The first-order valence-corrected chi connectivity index (χ1v) is 13.1. The summed E-state index contributed by atoms with van der Waals surface area (Å²) in [6, 6.07) is 19.2. The molecule has 36 heavy (non-hydrogen) atoms. The van der Waals surface area contributed by atoms with E-state index in [9.17, 15) is 14.4 Å². The zero-order valence-corrected chi connectivity index (χ0v) is 21.5. The number of hydrogen-bond acceptors (Lipinski definition) is 6. The maximum Gasteiger partial charge on any atom is 0.358 e. The number of hydrogen-bond donors (Lipinski definition) is 1. The molecule has 1 aromatic heterocycles. The Morgan fingerprint density at radius 2 is 1.83 bits per heavy atom. The molecular weight excluding hydrogens is 476 g/mol. The summed E-state index contributed by atoms with van der Waals surface area (Å²) in [7, 11) is 0. The number of rotatable bonds is 9. The van der Waals surface area contributed by atoms with E-state index < -0.39 is 11.5 Å². The van der Waals surface area contributed by atoms with Crippen molar-refractivity contribution in [1.29, 1.82) is 0 Å². The quantitative estimate of drug-likeness (QED) is 0.352. The number of nitrogens with zero attached hydrogens (tertiary/aromatic N) is 3. The minimum absolute atomic E-state index is 0.0572.